The smallest absolute Gasteiger partial charge is 0.416 e. The van der Waals surface area contributed by atoms with Gasteiger partial charge in [-0.3, -0.25) is 14.7 Å². The van der Waals surface area contributed by atoms with Gasteiger partial charge in [0.05, 0.1) is 37.6 Å². The number of carbonyl (C=O) groups excluding carboxylic acids is 1. The molecule has 194 valence electrons. The molecule has 4 rings (SSSR count). The van der Waals surface area contributed by atoms with Crippen LogP contribution in [0.3, 0.4) is 0 Å². The number of anilines is 1. The van der Waals surface area contributed by atoms with Gasteiger partial charge in [-0.2, -0.15) is 26.3 Å². The van der Waals surface area contributed by atoms with Crippen molar-refractivity contribution in [3.63, 3.8) is 0 Å². The fraction of sp³-hybridized carbons (Fsp3) is 0.208. The summed E-state index contributed by atoms with van der Waals surface area (Å²) in [6.07, 6.45) is -8.79. The van der Waals surface area contributed by atoms with E-state index >= 15 is 0 Å². The van der Waals surface area contributed by atoms with Crippen molar-refractivity contribution < 1.29 is 40.6 Å². The van der Waals surface area contributed by atoms with Gasteiger partial charge in [-0.05, 0) is 42.5 Å². The van der Waals surface area contributed by atoms with Crippen molar-refractivity contribution in [1.29, 1.82) is 0 Å². The molecule has 0 aliphatic heterocycles. The van der Waals surface area contributed by atoms with Gasteiger partial charge in [0.25, 0.3) is 5.91 Å². The Morgan fingerprint density at radius 1 is 0.919 bits per heavy atom. The molecule has 0 saturated heterocycles. The number of benzene rings is 2. The van der Waals surface area contributed by atoms with Crippen molar-refractivity contribution in [2.75, 3.05) is 19.1 Å². The largest absolute Gasteiger partial charge is 0.495 e. The van der Waals surface area contributed by atoms with Gasteiger partial charge in [0.2, 0.25) is 0 Å². The van der Waals surface area contributed by atoms with Crippen LogP contribution in [0.4, 0.5) is 31.5 Å². The third kappa shape index (κ3) is 5.45. The third-order valence-electron chi connectivity index (χ3n) is 5.26. The number of hydrogen-bond donors (Lipinski definition) is 0. The molecule has 0 atom stereocenters. The highest BCUT2D eigenvalue weighted by Gasteiger charge is 2.38. The molecule has 13 heteroatoms. The molecule has 0 spiro atoms. The summed E-state index contributed by atoms with van der Waals surface area (Å²) in [4.78, 5) is 23.1. The molecule has 0 radical (unpaired) electrons. The number of thiazole rings is 1. The lowest BCUT2D eigenvalue weighted by atomic mass is 10.0. The van der Waals surface area contributed by atoms with Gasteiger partial charge >= 0.3 is 12.4 Å². The average molecular weight is 541 g/mol. The predicted octanol–water partition coefficient (Wildman–Crippen LogP) is 6.59. The molecule has 0 bridgehead atoms. The first-order valence-electron chi connectivity index (χ1n) is 10.4. The first-order chi connectivity index (χ1) is 17.4. The Labute approximate surface area is 210 Å². The number of aromatic nitrogens is 2. The molecule has 4 aromatic rings. The zero-order valence-electron chi connectivity index (χ0n) is 19.1. The zero-order valence-corrected chi connectivity index (χ0v) is 20.0. The summed E-state index contributed by atoms with van der Waals surface area (Å²) in [5.74, 6) is -0.399. The average Bonchev–Trinajstić information content (AvgIpc) is 3.31. The number of amides is 1. The van der Waals surface area contributed by atoms with Crippen LogP contribution < -0.4 is 14.4 Å². The highest BCUT2D eigenvalue weighted by atomic mass is 32.1. The SMILES string of the molecule is COc1ccc(OC)c2sc(N(Cc3ccccn3)C(=O)c3cc(C(F)(F)F)cc(C(F)(F)F)c3)nc12. The molecule has 0 unspecified atom stereocenters. The maximum atomic E-state index is 13.6. The Bertz CT molecular complexity index is 1360. The lowest BCUT2D eigenvalue weighted by Crippen LogP contribution is -2.31. The van der Waals surface area contributed by atoms with Crippen LogP contribution in [0.2, 0.25) is 0 Å². The van der Waals surface area contributed by atoms with E-state index in [1.165, 1.54) is 20.4 Å². The second-order valence-electron chi connectivity index (χ2n) is 7.65. The molecule has 0 saturated carbocycles. The van der Waals surface area contributed by atoms with Crippen LogP contribution in [-0.4, -0.2) is 30.1 Å². The summed E-state index contributed by atoms with van der Waals surface area (Å²) in [5, 5.41) is -0.000534. The molecule has 0 N–H and O–H groups in total. The van der Waals surface area contributed by atoms with Gasteiger partial charge < -0.3 is 9.47 Å². The lowest BCUT2D eigenvalue weighted by molar-refractivity contribution is -0.143. The van der Waals surface area contributed by atoms with Crippen molar-refractivity contribution in [2.24, 2.45) is 0 Å². The van der Waals surface area contributed by atoms with Gasteiger partial charge in [0, 0.05) is 11.8 Å². The van der Waals surface area contributed by atoms with E-state index in [1.807, 2.05) is 0 Å². The minimum Gasteiger partial charge on any atom is -0.495 e. The summed E-state index contributed by atoms with van der Waals surface area (Å²) >= 11 is 0.965. The number of nitrogens with zero attached hydrogens (tertiary/aromatic N) is 3. The predicted molar refractivity (Wildman–Crippen MR) is 124 cm³/mol. The van der Waals surface area contributed by atoms with E-state index in [0.717, 1.165) is 16.2 Å². The van der Waals surface area contributed by atoms with Gasteiger partial charge in [0.15, 0.2) is 5.13 Å². The number of hydrogen-bond acceptors (Lipinski definition) is 6. The number of methoxy groups -OCH3 is 2. The van der Waals surface area contributed by atoms with Gasteiger partial charge in [-0.25, -0.2) is 4.98 Å². The monoisotopic (exact) mass is 541 g/mol. The number of carbonyl (C=O) groups is 1. The Balaban J connectivity index is 1.90. The van der Waals surface area contributed by atoms with E-state index in [0.29, 0.717) is 39.5 Å². The second-order valence-corrected chi connectivity index (χ2v) is 8.63. The minimum absolute atomic E-state index is 0.000534. The van der Waals surface area contributed by atoms with Crippen LogP contribution in [0.15, 0.2) is 54.7 Å². The number of rotatable bonds is 6. The summed E-state index contributed by atoms with van der Waals surface area (Å²) < 4.78 is 91.7. The number of alkyl halides is 6. The van der Waals surface area contributed by atoms with Crippen LogP contribution in [0.5, 0.6) is 11.5 Å². The highest BCUT2D eigenvalue weighted by Crippen LogP contribution is 2.41. The fourth-order valence-electron chi connectivity index (χ4n) is 3.50. The van der Waals surface area contributed by atoms with Crippen molar-refractivity contribution in [2.45, 2.75) is 18.9 Å². The van der Waals surface area contributed by atoms with E-state index in [-0.39, 0.29) is 17.7 Å². The summed E-state index contributed by atoms with van der Waals surface area (Å²) in [7, 11) is 2.82. The Hall–Kier alpha value is -3.87. The number of fused-ring (bicyclic) bond motifs is 1. The summed E-state index contributed by atoms with van der Waals surface area (Å²) in [5.41, 5.74) is -3.37. The van der Waals surface area contributed by atoms with Gasteiger partial charge in [0.1, 0.15) is 21.7 Å². The molecule has 0 fully saturated rings. The quantitative estimate of drug-likeness (QED) is 0.258. The molecule has 0 aliphatic rings. The zero-order chi connectivity index (χ0) is 27.0. The van der Waals surface area contributed by atoms with E-state index in [4.69, 9.17) is 9.47 Å². The topological polar surface area (TPSA) is 64.6 Å². The van der Waals surface area contributed by atoms with Crippen molar-refractivity contribution in [3.8, 4) is 11.5 Å². The van der Waals surface area contributed by atoms with Gasteiger partial charge in [-0.1, -0.05) is 17.4 Å². The van der Waals surface area contributed by atoms with Crippen LogP contribution in [0.25, 0.3) is 10.2 Å². The number of pyridine rings is 1. The first-order valence-corrected chi connectivity index (χ1v) is 11.3. The summed E-state index contributed by atoms with van der Waals surface area (Å²) in [6, 6.07) is 8.73. The van der Waals surface area contributed by atoms with E-state index < -0.39 is 35.0 Å². The Morgan fingerprint density at radius 2 is 1.54 bits per heavy atom. The maximum absolute atomic E-state index is 13.6. The van der Waals surface area contributed by atoms with Crippen LogP contribution >= 0.6 is 11.3 Å². The second kappa shape index (κ2) is 9.88. The molecular weight excluding hydrogens is 524 g/mol. The van der Waals surface area contributed by atoms with Crippen LogP contribution in [-0.2, 0) is 18.9 Å². The van der Waals surface area contributed by atoms with E-state index in [9.17, 15) is 31.1 Å². The molecule has 37 heavy (non-hydrogen) atoms. The number of ether oxygens (including phenoxy) is 2. The Morgan fingerprint density at radius 3 is 2.08 bits per heavy atom. The minimum atomic E-state index is -5.11. The summed E-state index contributed by atoms with van der Waals surface area (Å²) in [6.45, 7) is -0.276. The first kappa shape index (κ1) is 26.2. The van der Waals surface area contributed by atoms with Crippen molar-refractivity contribution in [1.82, 2.24) is 9.97 Å². The molecule has 0 aliphatic carbocycles. The van der Waals surface area contributed by atoms with Crippen molar-refractivity contribution >= 4 is 32.6 Å². The number of halogens is 6. The lowest BCUT2D eigenvalue weighted by Gasteiger charge is -2.21. The standard InChI is InChI=1S/C24H17F6N3O3S/c1-35-17-6-7-18(36-2)20-19(17)32-22(37-20)33(12-16-5-3-4-8-31-16)21(34)13-9-14(23(25,26)27)11-15(10-13)24(28,29)30/h3-11H,12H2,1-2H3. The molecule has 2 aromatic carbocycles. The van der Waals surface area contributed by atoms with Crippen LogP contribution in [0, 0.1) is 0 Å². The normalized spacial score (nSPS) is 12.0. The molecule has 2 heterocycles. The Kier molecular flexibility index (Phi) is 7.00. The van der Waals surface area contributed by atoms with Crippen LogP contribution in [0.1, 0.15) is 27.2 Å². The molecular formula is C24H17F6N3O3S. The van der Waals surface area contributed by atoms with E-state index in [2.05, 4.69) is 9.97 Å². The molecule has 2 aromatic heterocycles. The maximum Gasteiger partial charge on any atom is 0.416 e. The highest BCUT2D eigenvalue weighted by molar-refractivity contribution is 7.22. The van der Waals surface area contributed by atoms with Crippen molar-refractivity contribution in [3.05, 3.63) is 77.1 Å². The van der Waals surface area contributed by atoms with Gasteiger partial charge in [-0.15, -0.1) is 0 Å². The fourth-order valence-corrected chi connectivity index (χ4v) is 4.58. The van der Waals surface area contributed by atoms with E-state index in [1.54, 1.807) is 30.3 Å². The third-order valence-corrected chi connectivity index (χ3v) is 6.35. The molecule has 1 amide bonds. The molecule has 6 nitrogen and oxygen atoms in total.